The highest BCUT2D eigenvalue weighted by Gasteiger charge is 2.41. The molecule has 0 saturated heterocycles. The number of anilines is 1. The van der Waals surface area contributed by atoms with Crippen LogP contribution in [0.4, 0.5) is 5.69 Å². The summed E-state index contributed by atoms with van der Waals surface area (Å²) >= 11 is 1.54. The topological polar surface area (TPSA) is 58.6 Å². The number of aliphatic hydroxyl groups is 1. The summed E-state index contributed by atoms with van der Waals surface area (Å²) < 4.78 is 5.15. The van der Waals surface area contributed by atoms with Crippen LogP contribution >= 0.6 is 11.8 Å². The van der Waals surface area contributed by atoms with Crippen LogP contribution < -0.4 is 10.1 Å². The Kier molecular flexibility index (Phi) is 4.09. The molecule has 1 aliphatic heterocycles. The number of aldehydes is 1. The molecule has 22 heavy (non-hydrogen) atoms. The minimum Gasteiger partial charge on any atom is -0.497 e. The van der Waals surface area contributed by atoms with Gasteiger partial charge < -0.3 is 20.0 Å². The Hall–Kier alpha value is -1.98. The first-order valence-electron chi connectivity index (χ1n) is 6.98. The number of ether oxygens (including phenoxy) is 1. The van der Waals surface area contributed by atoms with Gasteiger partial charge in [-0.2, -0.15) is 0 Å². The molecule has 0 spiro atoms. The van der Waals surface area contributed by atoms with Crippen molar-refractivity contribution in [2.24, 2.45) is 0 Å². The fourth-order valence-corrected chi connectivity index (χ4v) is 3.74. The number of para-hydroxylation sites is 1. The molecular formula is C17H17NO3S. The number of carbonyl (C=O) groups excluding carboxylic acids is 1. The zero-order chi connectivity index (χ0) is 15.6. The van der Waals surface area contributed by atoms with Gasteiger partial charge in [0.1, 0.15) is 23.7 Å². The van der Waals surface area contributed by atoms with Crippen molar-refractivity contribution in [1.82, 2.24) is 0 Å². The molecule has 0 aliphatic carbocycles. The molecule has 0 amide bonds. The predicted octanol–water partition coefficient (Wildman–Crippen LogP) is 2.67. The second kappa shape index (κ2) is 6.02. The standard InChI is InChI=1S/C17H17NO3S/c1-21-13-8-6-12(7-9-13)17(20)11-22-15-5-3-2-4-14(15)18-16(17)10-19/h2-10,16,18,20H,11H2,1H3/t16?,17-/m1/s1. The fourth-order valence-electron chi connectivity index (χ4n) is 2.57. The van der Waals surface area contributed by atoms with Gasteiger partial charge in [0.2, 0.25) is 0 Å². The maximum atomic E-state index is 11.6. The Morgan fingerprint density at radius 1 is 1.27 bits per heavy atom. The van der Waals surface area contributed by atoms with E-state index in [-0.39, 0.29) is 0 Å². The Balaban J connectivity index is 1.99. The Morgan fingerprint density at radius 2 is 2.00 bits per heavy atom. The van der Waals surface area contributed by atoms with Gasteiger partial charge in [-0.05, 0) is 29.8 Å². The summed E-state index contributed by atoms with van der Waals surface area (Å²) in [5.41, 5.74) is 0.282. The van der Waals surface area contributed by atoms with Crippen LogP contribution in [0.2, 0.25) is 0 Å². The maximum Gasteiger partial charge on any atom is 0.145 e. The molecule has 114 valence electrons. The van der Waals surface area contributed by atoms with Crippen LogP contribution in [0.1, 0.15) is 5.56 Å². The third kappa shape index (κ3) is 2.58. The largest absolute Gasteiger partial charge is 0.497 e. The molecular weight excluding hydrogens is 298 g/mol. The monoisotopic (exact) mass is 315 g/mol. The van der Waals surface area contributed by atoms with E-state index in [0.29, 0.717) is 17.1 Å². The lowest BCUT2D eigenvalue weighted by molar-refractivity contribution is -0.113. The van der Waals surface area contributed by atoms with Gasteiger partial charge in [-0.3, -0.25) is 0 Å². The van der Waals surface area contributed by atoms with E-state index in [9.17, 15) is 9.90 Å². The van der Waals surface area contributed by atoms with Crippen LogP contribution in [-0.4, -0.2) is 30.3 Å². The third-order valence-electron chi connectivity index (χ3n) is 3.89. The van der Waals surface area contributed by atoms with E-state index >= 15 is 0 Å². The molecule has 1 heterocycles. The van der Waals surface area contributed by atoms with Crippen molar-refractivity contribution in [1.29, 1.82) is 0 Å². The van der Waals surface area contributed by atoms with E-state index in [1.165, 1.54) is 11.8 Å². The van der Waals surface area contributed by atoms with Crippen LogP contribution in [0.3, 0.4) is 0 Å². The molecule has 4 nitrogen and oxygen atoms in total. The molecule has 5 heteroatoms. The van der Waals surface area contributed by atoms with Gasteiger partial charge in [0.15, 0.2) is 0 Å². The molecule has 1 unspecified atom stereocenters. The van der Waals surface area contributed by atoms with Crippen LogP contribution in [0.15, 0.2) is 53.4 Å². The summed E-state index contributed by atoms with van der Waals surface area (Å²) in [7, 11) is 1.59. The molecule has 3 rings (SSSR count). The second-order valence-corrected chi connectivity index (χ2v) is 6.21. The zero-order valence-electron chi connectivity index (χ0n) is 12.2. The van der Waals surface area contributed by atoms with Crippen molar-refractivity contribution in [3.63, 3.8) is 0 Å². The van der Waals surface area contributed by atoms with Crippen LogP contribution in [0.5, 0.6) is 5.75 Å². The summed E-state index contributed by atoms with van der Waals surface area (Å²) in [6.45, 7) is 0. The minimum absolute atomic E-state index is 0.396. The average molecular weight is 315 g/mol. The van der Waals surface area contributed by atoms with E-state index in [4.69, 9.17) is 4.74 Å². The third-order valence-corrected chi connectivity index (χ3v) is 5.14. The van der Waals surface area contributed by atoms with Crippen LogP contribution in [0, 0.1) is 0 Å². The molecule has 0 radical (unpaired) electrons. The number of methoxy groups -OCH3 is 1. The number of fused-ring (bicyclic) bond motifs is 1. The molecule has 1 aliphatic rings. The van der Waals surface area contributed by atoms with Crippen LogP contribution in [0.25, 0.3) is 0 Å². The van der Waals surface area contributed by atoms with Gasteiger partial charge in [-0.25, -0.2) is 0 Å². The Labute approximate surface area is 133 Å². The minimum atomic E-state index is -1.28. The van der Waals surface area contributed by atoms with Gasteiger partial charge in [0.05, 0.1) is 7.11 Å². The highest BCUT2D eigenvalue weighted by molar-refractivity contribution is 7.99. The predicted molar refractivity (Wildman–Crippen MR) is 87.5 cm³/mol. The first-order chi connectivity index (χ1) is 10.7. The Morgan fingerprint density at radius 3 is 2.68 bits per heavy atom. The van der Waals surface area contributed by atoms with Gasteiger partial charge >= 0.3 is 0 Å². The van der Waals surface area contributed by atoms with Crippen molar-refractivity contribution in [2.45, 2.75) is 16.5 Å². The van der Waals surface area contributed by atoms with E-state index in [0.717, 1.165) is 16.9 Å². The highest BCUT2D eigenvalue weighted by Crippen LogP contribution is 2.40. The molecule has 0 fully saturated rings. The number of rotatable bonds is 3. The first kappa shape index (κ1) is 14.9. The molecule has 2 N–H and O–H groups in total. The van der Waals surface area contributed by atoms with Gasteiger partial charge in [0.25, 0.3) is 0 Å². The van der Waals surface area contributed by atoms with E-state index < -0.39 is 11.6 Å². The quantitative estimate of drug-likeness (QED) is 0.853. The average Bonchev–Trinajstić information content (AvgIpc) is 2.72. The van der Waals surface area contributed by atoms with E-state index in [1.807, 2.05) is 24.3 Å². The number of hydrogen-bond donors (Lipinski definition) is 2. The highest BCUT2D eigenvalue weighted by atomic mass is 32.2. The summed E-state index contributed by atoms with van der Waals surface area (Å²) in [5, 5.41) is 14.3. The molecule has 0 bridgehead atoms. The number of hydrogen-bond acceptors (Lipinski definition) is 5. The molecule has 2 aromatic carbocycles. The van der Waals surface area contributed by atoms with Crippen molar-refractivity contribution in [3.05, 3.63) is 54.1 Å². The lowest BCUT2D eigenvalue weighted by Crippen LogP contribution is -2.46. The van der Waals surface area contributed by atoms with Crippen LogP contribution in [-0.2, 0) is 10.4 Å². The number of thioether (sulfide) groups is 1. The smallest absolute Gasteiger partial charge is 0.145 e. The molecule has 2 atom stereocenters. The van der Waals surface area contributed by atoms with Crippen molar-refractivity contribution >= 4 is 23.7 Å². The lowest BCUT2D eigenvalue weighted by Gasteiger charge is -2.32. The molecule has 0 saturated carbocycles. The lowest BCUT2D eigenvalue weighted by atomic mass is 9.88. The second-order valence-electron chi connectivity index (χ2n) is 5.20. The van der Waals surface area contributed by atoms with Crippen molar-refractivity contribution in [2.75, 3.05) is 18.2 Å². The summed E-state index contributed by atoms with van der Waals surface area (Å²) in [6, 6.07) is 14.2. The maximum absolute atomic E-state index is 11.6. The number of carbonyl (C=O) groups is 1. The van der Waals surface area contributed by atoms with Gasteiger partial charge in [0, 0.05) is 16.3 Å². The van der Waals surface area contributed by atoms with Crippen molar-refractivity contribution in [3.8, 4) is 5.75 Å². The van der Waals surface area contributed by atoms with Gasteiger partial charge in [-0.15, -0.1) is 11.8 Å². The van der Waals surface area contributed by atoms with E-state index in [1.54, 1.807) is 31.4 Å². The summed E-state index contributed by atoms with van der Waals surface area (Å²) in [6.07, 6.45) is 0.771. The zero-order valence-corrected chi connectivity index (χ0v) is 13.0. The molecule has 0 aromatic heterocycles. The number of benzene rings is 2. The first-order valence-corrected chi connectivity index (χ1v) is 7.96. The summed E-state index contributed by atoms with van der Waals surface area (Å²) in [4.78, 5) is 12.6. The summed E-state index contributed by atoms with van der Waals surface area (Å²) in [5.74, 6) is 1.11. The fraction of sp³-hybridized carbons (Fsp3) is 0.235. The Bertz CT molecular complexity index is 674. The normalized spacial score (nSPS) is 23.8. The number of nitrogens with one attached hydrogen (secondary N) is 1. The van der Waals surface area contributed by atoms with E-state index in [2.05, 4.69) is 5.32 Å². The van der Waals surface area contributed by atoms with Gasteiger partial charge in [-0.1, -0.05) is 24.3 Å². The molecule has 2 aromatic rings. The SMILES string of the molecule is COc1ccc([C@]2(O)CSc3ccccc3NC2C=O)cc1. The van der Waals surface area contributed by atoms with Crippen molar-refractivity contribution < 1.29 is 14.6 Å².